The molecule has 1 aromatic carbocycles. The summed E-state index contributed by atoms with van der Waals surface area (Å²) in [7, 11) is -3.61. The highest BCUT2D eigenvalue weighted by molar-refractivity contribution is 7.90. The van der Waals surface area contributed by atoms with Crippen LogP contribution in [0.4, 0.5) is 4.39 Å². The predicted octanol–water partition coefficient (Wildman–Crippen LogP) is 1.59. The summed E-state index contributed by atoms with van der Waals surface area (Å²) >= 11 is 0. The molecule has 1 aliphatic heterocycles. The van der Waals surface area contributed by atoms with Crippen LogP contribution in [0.1, 0.15) is 35.1 Å². The summed E-state index contributed by atoms with van der Waals surface area (Å²) in [5, 5.41) is 6.74. The lowest BCUT2D eigenvalue weighted by atomic mass is 10.1. The third-order valence-electron chi connectivity index (χ3n) is 3.64. The SMILES string of the molecule is CS(=O)(=O)c1nnc([C@@H]2CCCN2C(=O)c2ccccc2F)o1. The van der Waals surface area contributed by atoms with Gasteiger partial charge in [0.1, 0.15) is 11.9 Å². The fraction of sp³-hybridized carbons (Fsp3) is 0.357. The first kappa shape index (κ1) is 15.6. The smallest absolute Gasteiger partial charge is 0.335 e. The van der Waals surface area contributed by atoms with E-state index in [1.807, 2.05) is 0 Å². The molecule has 7 nitrogen and oxygen atoms in total. The maximum absolute atomic E-state index is 13.8. The molecule has 0 radical (unpaired) electrons. The average Bonchev–Trinajstić information content (AvgIpc) is 3.15. The quantitative estimate of drug-likeness (QED) is 0.843. The van der Waals surface area contributed by atoms with Gasteiger partial charge in [0, 0.05) is 12.8 Å². The number of rotatable bonds is 3. The molecule has 9 heteroatoms. The molecule has 1 saturated heterocycles. The van der Waals surface area contributed by atoms with Crippen LogP contribution in [-0.4, -0.2) is 42.2 Å². The first-order chi connectivity index (χ1) is 10.9. The van der Waals surface area contributed by atoms with E-state index in [0.29, 0.717) is 19.4 Å². The maximum atomic E-state index is 13.8. The van der Waals surface area contributed by atoms with Crippen LogP contribution in [0, 0.1) is 5.82 Å². The van der Waals surface area contributed by atoms with E-state index in [4.69, 9.17) is 4.42 Å². The van der Waals surface area contributed by atoms with Gasteiger partial charge in [0.05, 0.1) is 5.56 Å². The van der Waals surface area contributed by atoms with Gasteiger partial charge in [-0.05, 0) is 25.0 Å². The summed E-state index contributed by atoms with van der Waals surface area (Å²) in [5.41, 5.74) is -0.0396. The lowest BCUT2D eigenvalue weighted by molar-refractivity contribution is 0.0707. The van der Waals surface area contributed by atoms with Gasteiger partial charge in [-0.3, -0.25) is 4.79 Å². The molecule has 0 N–H and O–H groups in total. The third kappa shape index (κ3) is 2.96. The van der Waals surface area contributed by atoms with Crippen molar-refractivity contribution < 1.29 is 22.0 Å². The van der Waals surface area contributed by atoms with Crippen molar-refractivity contribution in [2.24, 2.45) is 0 Å². The van der Waals surface area contributed by atoms with Crippen LogP contribution in [0.15, 0.2) is 33.9 Å². The normalized spacial score (nSPS) is 18.3. The minimum absolute atomic E-state index is 0.0396. The molecule has 2 heterocycles. The van der Waals surface area contributed by atoms with Gasteiger partial charge < -0.3 is 9.32 Å². The van der Waals surface area contributed by atoms with Gasteiger partial charge in [0.25, 0.3) is 5.91 Å². The van der Waals surface area contributed by atoms with Crippen molar-refractivity contribution in [3.63, 3.8) is 0 Å². The van der Waals surface area contributed by atoms with Crippen molar-refractivity contribution in [3.8, 4) is 0 Å². The van der Waals surface area contributed by atoms with Gasteiger partial charge in [-0.15, -0.1) is 5.10 Å². The van der Waals surface area contributed by atoms with Crippen molar-refractivity contribution in [2.45, 2.75) is 24.1 Å². The molecule has 1 aromatic heterocycles. The zero-order valence-electron chi connectivity index (χ0n) is 12.3. The molecule has 1 atom stereocenters. The molecule has 0 spiro atoms. The van der Waals surface area contributed by atoms with Crippen LogP contribution in [0.2, 0.25) is 0 Å². The molecule has 0 aliphatic carbocycles. The molecule has 2 aromatic rings. The summed E-state index contributed by atoms with van der Waals surface area (Å²) in [4.78, 5) is 14.0. The van der Waals surface area contributed by atoms with Gasteiger partial charge in [0.15, 0.2) is 0 Å². The van der Waals surface area contributed by atoms with Gasteiger partial charge in [-0.25, -0.2) is 12.8 Å². The van der Waals surface area contributed by atoms with Crippen molar-refractivity contribution in [1.82, 2.24) is 15.1 Å². The number of nitrogens with zero attached hydrogens (tertiary/aromatic N) is 3. The Hall–Kier alpha value is -2.29. The number of amides is 1. The van der Waals surface area contributed by atoms with Crippen LogP contribution >= 0.6 is 0 Å². The molecule has 23 heavy (non-hydrogen) atoms. The highest BCUT2D eigenvalue weighted by atomic mass is 32.2. The Labute approximate surface area is 132 Å². The number of sulfone groups is 1. The maximum Gasteiger partial charge on any atom is 0.335 e. The number of aromatic nitrogens is 2. The monoisotopic (exact) mass is 339 g/mol. The largest absolute Gasteiger partial charge is 0.410 e. The molecule has 0 saturated carbocycles. The standard InChI is InChI=1S/C14H14FN3O4S/c1-23(20,21)14-17-16-12(22-14)11-7-4-8-18(11)13(19)9-5-2-3-6-10(9)15/h2-3,5-6,11H,4,7-8H2,1H3/t11-/m0/s1. The van der Waals surface area contributed by atoms with Crippen molar-refractivity contribution >= 4 is 15.7 Å². The second-order valence-electron chi connectivity index (χ2n) is 5.31. The summed E-state index contributed by atoms with van der Waals surface area (Å²) in [6.07, 6.45) is 2.19. The van der Waals surface area contributed by atoms with Gasteiger partial charge in [-0.2, -0.15) is 0 Å². The fourth-order valence-corrected chi connectivity index (χ4v) is 2.99. The summed E-state index contributed by atoms with van der Waals surface area (Å²) in [6, 6.07) is 5.15. The van der Waals surface area contributed by atoms with Crippen LogP contribution in [0.25, 0.3) is 0 Å². The lowest BCUT2D eigenvalue weighted by Gasteiger charge is -2.22. The number of likely N-dealkylation sites (tertiary alicyclic amines) is 1. The van der Waals surface area contributed by atoms with Gasteiger partial charge in [-0.1, -0.05) is 17.2 Å². The molecular formula is C14H14FN3O4S. The molecule has 0 unspecified atom stereocenters. The molecule has 3 rings (SSSR count). The molecule has 1 fully saturated rings. The predicted molar refractivity (Wildman–Crippen MR) is 76.8 cm³/mol. The summed E-state index contributed by atoms with van der Waals surface area (Å²) in [5.74, 6) is -1.04. The zero-order chi connectivity index (χ0) is 16.6. The number of halogens is 1. The minimum Gasteiger partial charge on any atom is -0.410 e. The molecule has 122 valence electrons. The molecule has 1 aliphatic rings. The van der Waals surface area contributed by atoms with E-state index < -0.39 is 32.8 Å². The topological polar surface area (TPSA) is 93.4 Å². The first-order valence-corrected chi connectivity index (χ1v) is 8.86. The van der Waals surface area contributed by atoms with E-state index in [9.17, 15) is 17.6 Å². The Balaban J connectivity index is 1.90. The highest BCUT2D eigenvalue weighted by Crippen LogP contribution is 2.33. The van der Waals surface area contributed by atoms with E-state index in [1.54, 1.807) is 6.07 Å². The Morgan fingerprint density at radius 1 is 1.35 bits per heavy atom. The molecule has 1 amide bonds. The van der Waals surface area contributed by atoms with E-state index in [1.165, 1.54) is 23.1 Å². The number of carbonyl (C=O) groups excluding carboxylic acids is 1. The Bertz CT molecular complexity index is 849. The number of hydrogen-bond acceptors (Lipinski definition) is 6. The van der Waals surface area contributed by atoms with E-state index >= 15 is 0 Å². The zero-order valence-corrected chi connectivity index (χ0v) is 13.1. The second-order valence-corrected chi connectivity index (χ2v) is 7.21. The van der Waals surface area contributed by atoms with Crippen LogP contribution in [0.5, 0.6) is 0 Å². The first-order valence-electron chi connectivity index (χ1n) is 6.97. The third-order valence-corrected chi connectivity index (χ3v) is 4.44. The van der Waals surface area contributed by atoms with Crippen molar-refractivity contribution in [3.05, 3.63) is 41.5 Å². The second kappa shape index (κ2) is 5.73. The Kier molecular flexibility index (Phi) is 3.88. The number of benzene rings is 1. The van der Waals surface area contributed by atoms with Crippen LogP contribution < -0.4 is 0 Å². The van der Waals surface area contributed by atoms with Crippen molar-refractivity contribution in [2.75, 3.05) is 12.8 Å². The minimum atomic E-state index is -3.61. The van der Waals surface area contributed by atoms with Crippen LogP contribution in [0.3, 0.4) is 0 Å². The average molecular weight is 339 g/mol. The number of hydrogen-bond donors (Lipinski definition) is 0. The summed E-state index contributed by atoms with van der Waals surface area (Å²) < 4.78 is 41.8. The van der Waals surface area contributed by atoms with Gasteiger partial charge in [0.2, 0.25) is 15.7 Å². The van der Waals surface area contributed by atoms with Crippen molar-refractivity contribution in [1.29, 1.82) is 0 Å². The van der Waals surface area contributed by atoms with E-state index in [2.05, 4.69) is 10.2 Å². The summed E-state index contributed by atoms with van der Waals surface area (Å²) in [6.45, 7) is 0.411. The Morgan fingerprint density at radius 3 is 2.74 bits per heavy atom. The molecule has 0 bridgehead atoms. The number of carbonyl (C=O) groups is 1. The van der Waals surface area contributed by atoms with E-state index in [-0.39, 0.29) is 11.5 Å². The van der Waals surface area contributed by atoms with E-state index in [0.717, 1.165) is 6.26 Å². The Morgan fingerprint density at radius 2 is 2.09 bits per heavy atom. The lowest BCUT2D eigenvalue weighted by Crippen LogP contribution is -2.31. The van der Waals surface area contributed by atoms with Crippen LogP contribution in [-0.2, 0) is 9.84 Å². The molecular weight excluding hydrogens is 325 g/mol. The highest BCUT2D eigenvalue weighted by Gasteiger charge is 2.35. The fourth-order valence-electron chi connectivity index (χ4n) is 2.56. The van der Waals surface area contributed by atoms with Gasteiger partial charge >= 0.3 is 5.22 Å².